The Labute approximate surface area is 68.7 Å². The highest BCUT2D eigenvalue weighted by molar-refractivity contribution is 4.95. The lowest BCUT2D eigenvalue weighted by molar-refractivity contribution is 0.0368. The molecule has 3 atom stereocenters. The van der Waals surface area contributed by atoms with Gasteiger partial charge in [0, 0.05) is 18.6 Å². The largest absolute Gasteiger partial charge is 0.326 e. The maximum Gasteiger partial charge on any atom is 0.0247 e. The van der Waals surface area contributed by atoms with E-state index in [0.717, 1.165) is 5.92 Å². The average Bonchev–Trinajstić information content (AvgIpc) is 2.04. The van der Waals surface area contributed by atoms with Gasteiger partial charge in [-0.25, -0.2) is 0 Å². The van der Waals surface area contributed by atoms with Crippen LogP contribution in [0.2, 0.25) is 0 Å². The normalized spacial score (nSPS) is 44.7. The molecule has 2 saturated heterocycles. The van der Waals surface area contributed by atoms with Gasteiger partial charge in [-0.2, -0.15) is 0 Å². The molecular weight excluding hydrogens is 136 g/mol. The van der Waals surface area contributed by atoms with Crippen LogP contribution in [0.5, 0.6) is 0 Å². The van der Waals surface area contributed by atoms with Gasteiger partial charge in [-0.05, 0) is 31.7 Å². The molecule has 2 aliphatic heterocycles. The highest BCUT2D eigenvalue weighted by Crippen LogP contribution is 2.33. The minimum atomic E-state index is 0.474. The molecule has 3 unspecified atom stereocenters. The molecule has 3 rings (SSSR count). The summed E-state index contributed by atoms with van der Waals surface area (Å²) in [6.07, 6.45) is 4.05. The zero-order chi connectivity index (χ0) is 7.84. The van der Waals surface area contributed by atoms with Crippen molar-refractivity contribution in [3.05, 3.63) is 0 Å². The molecule has 11 heavy (non-hydrogen) atoms. The maximum absolute atomic E-state index is 6.04. The fourth-order valence-corrected chi connectivity index (χ4v) is 2.73. The monoisotopic (exact) mass is 154 g/mol. The molecular formula is C9H18N2. The first-order valence-electron chi connectivity index (χ1n) is 4.81. The lowest BCUT2D eigenvalue weighted by Gasteiger charge is -2.48. The Balaban J connectivity index is 2.07. The second-order valence-corrected chi connectivity index (χ2v) is 4.00. The predicted octanol–water partition coefficient (Wildman–Crippen LogP) is 0.818. The summed E-state index contributed by atoms with van der Waals surface area (Å²) in [5, 5.41) is 0. The Morgan fingerprint density at radius 1 is 1.45 bits per heavy atom. The van der Waals surface area contributed by atoms with E-state index in [1.54, 1.807) is 0 Å². The summed E-state index contributed by atoms with van der Waals surface area (Å²) in [7, 11) is 0. The molecule has 1 saturated carbocycles. The van der Waals surface area contributed by atoms with Gasteiger partial charge in [0.1, 0.15) is 0 Å². The van der Waals surface area contributed by atoms with Crippen LogP contribution in [0, 0.1) is 5.92 Å². The molecule has 0 radical (unpaired) electrons. The Morgan fingerprint density at radius 3 is 2.73 bits per heavy atom. The van der Waals surface area contributed by atoms with Gasteiger partial charge in [0.25, 0.3) is 0 Å². The van der Waals surface area contributed by atoms with E-state index in [0.29, 0.717) is 12.1 Å². The van der Waals surface area contributed by atoms with Crippen LogP contribution in [0.25, 0.3) is 0 Å². The van der Waals surface area contributed by atoms with E-state index in [1.807, 2.05) is 0 Å². The molecule has 0 amide bonds. The van der Waals surface area contributed by atoms with Gasteiger partial charge in [0.2, 0.25) is 0 Å². The van der Waals surface area contributed by atoms with E-state index < -0.39 is 0 Å². The van der Waals surface area contributed by atoms with Crippen molar-refractivity contribution in [3.63, 3.8) is 0 Å². The van der Waals surface area contributed by atoms with E-state index in [4.69, 9.17) is 5.73 Å². The quantitative estimate of drug-likeness (QED) is 0.606. The molecule has 0 aromatic rings. The van der Waals surface area contributed by atoms with E-state index >= 15 is 0 Å². The van der Waals surface area contributed by atoms with Crippen LogP contribution in [-0.4, -0.2) is 30.1 Å². The molecule has 2 heteroatoms. The summed E-state index contributed by atoms with van der Waals surface area (Å²) in [5.41, 5.74) is 6.04. The second kappa shape index (κ2) is 2.76. The van der Waals surface area contributed by atoms with E-state index in [-0.39, 0.29) is 0 Å². The van der Waals surface area contributed by atoms with Crippen molar-refractivity contribution in [2.75, 3.05) is 13.1 Å². The van der Waals surface area contributed by atoms with Crippen molar-refractivity contribution in [2.24, 2.45) is 11.7 Å². The number of hydrogen-bond acceptors (Lipinski definition) is 2. The SMILES string of the molecule is CCN1CC2CCC1C(N)C2. The van der Waals surface area contributed by atoms with E-state index in [1.165, 1.54) is 32.4 Å². The highest BCUT2D eigenvalue weighted by atomic mass is 15.2. The lowest BCUT2D eigenvalue weighted by atomic mass is 9.77. The van der Waals surface area contributed by atoms with E-state index in [9.17, 15) is 0 Å². The summed E-state index contributed by atoms with van der Waals surface area (Å²) < 4.78 is 0. The van der Waals surface area contributed by atoms with Crippen molar-refractivity contribution in [2.45, 2.75) is 38.3 Å². The van der Waals surface area contributed by atoms with Crippen molar-refractivity contribution >= 4 is 0 Å². The number of nitrogens with two attached hydrogens (primary N) is 1. The predicted molar refractivity (Wildman–Crippen MR) is 46.4 cm³/mol. The number of nitrogens with zero attached hydrogens (tertiary/aromatic N) is 1. The molecule has 3 aliphatic rings. The van der Waals surface area contributed by atoms with Crippen LogP contribution in [0.15, 0.2) is 0 Å². The highest BCUT2D eigenvalue weighted by Gasteiger charge is 2.37. The molecule has 2 nitrogen and oxygen atoms in total. The van der Waals surface area contributed by atoms with E-state index in [2.05, 4.69) is 11.8 Å². The maximum atomic E-state index is 6.04. The Hall–Kier alpha value is -0.0800. The van der Waals surface area contributed by atoms with Crippen molar-refractivity contribution in [3.8, 4) is 0 Å². The molecule has 3 fully saturated rings. The number of likely N-dealkylation sites (N-methyl/N-ethyl adjacent to an activating group) is 1. The third-order valence-corrected chi connectivity index (χ3v) is 3.34. The van der Waals surface area contributed by atoms with Gasteiger partial charge in [0.15, 0.2) is 0 Å². The van der Waals surface area contributed by atoms with Gasteiger partial charge < -0.3 is 5.73 Å². The fourth-order valence-electron chi connectivity index (χ4n) is 2.73. The molecule has 0 aromatic heterocycles. The molecule has 0 spiro atoms. The molecule has 1 aliphatic carbocycles. The van der Waals surface area contributed by atoms with Crippen LogP contribution < -0.4 is 5.73 Å². The second-order valence-electron chi connectivity index (χ2n) is 4.00. The average molecular weight is 154 g/mol. The van der Waals surface area contributed by atoms with Crippen LogP contribution in [-0.2, 0) is 0 Å². The van der Waals surface area contributed by atoms with Gasteiger partial charge in [-0.3, -0.25) is 4.90 Å². The minimum Gasteiger partial charge on any atom is -0.326 e. The summed E-state index contributed by atoms with van der Waals surface area (Å²) in [6, 6.07) is 1.19. The first kappa shape index (κ1) is 7.56. The first-order valence-corrected chi connectivity index (χ1v) is 4.81. The number of hydrogen-bond donors (Lipinski definition) is 1. The number of piperidine rings is 2. The molecule has 64 valence electrons. The third-order valence-electron chi connectivity index (χ3n) is 3.34. The molecule has 0 aromatic carbocycles. The van der Waals surface area contributed by atoms with Crippen molar-refractivity contribution in [1.82, 2.24) is 4.90 Å². The topological polar surface area (TPSA) is 29.3 Å². The minimum absolute atomic E-state index is 0.474. The molecule has 2 bridgehead atoms. The Morgan fingerprint density at radius 2 is 2.27 bits per heavy atom. The third kappa shape index (κ3) is 1.18. The van der Waals surface area contributed by atoms with Gasteiger partial charge in [-0.1, -0.05) is 6.92 Å². The van der Waals surface area contributed by atoms with Crippen LogP contribution in [0.1, 0.15) is 26.2 Å². The van der Waals surface area contributed by atoms with Crippen LogP contribution in [0.4, 0.5) is 0 Å². The zero-order valence-electron chi connectivity index (χ0n) is 7.29. The van der Waals surface area contributed by atoms with Gasteiger partial charge in [0.05, 0.1) is 0 Å². The van der Waals surface area contributed by atoms with Gasteiger partial charge >= 0.3 is 0 Å². The Kier molecular flexibility index (Phi) is 1.90. The van der Waals surface area contributed by atoms with Crippen LogP contribution in [0.3, 0.4) is 0 Å². The standard InChI is InChI=1S/C9H18N2/c1-2-11-6-7-3-4-9(11)8(10)5-7/h7-9H,2-6,10H2,1H3. The van der Waals surface area contributed by atoms with Crippen molar-refractivity contribution < 1.29 is 0 Å². The molecule has 2 N–H and O–H groups in total. The fraction of sp³-hybridized carbons (Fsp3) is 1.00. The summed E-state index contributed by atoms with van der Waals surface area (Å²) >= 11 is 0. The van der Waals surface area contributed by atoms with Gasteiger partial charge in [-0.15, -0.1) is 0 Å². The van der Waals surface area contributed by atoms with Crippen LogP contribution >= 0.6 is 0 Å². The summed E-state index contributed by atoms with van der Waals surface area (Å²) in [5.74, 6) is 0.912. The smallest absolute Gasteiger partial charge is 0.0247 e. The van der Waals surface area contributed by atoms with Crippen molar-refractivity contribution in [1.29, 1.82) is 0 Å². The lowest BCUT2D eigenvalue weighted by Crippen LogP contribution is -2.58. The number of rotatable bonds is 1. The zero-order valence-corrected chi connectivity index (χ0v) is 7.29. The first-order chi connectivity index (χ1) is 5.31. The Bertz CT molecular complexity index is 146. The molecule has 2 heterocycles. The number of fused-ring (bicyclic) bond motifs is 3. The summed E-state index contributed by atoms with van der Waals surface area (Å²) in [4.78, 5) is 2.56. The summed E-state index contributed by atoms with van der Waals surface area (Å²) in [6.45, 7) is 4.75.